The van der Waals surface area contributed by atoms with Gasteiger partial charge in [0.05, 0.1) is 5.02 Å². The topological polar surface area (TPSA) is 30.3 Å². The Morgan fingerprint density at radius 2 is 1.94 bits per heavy atom. The van der Waals surface area contributed by atoms with E-state index in [1.54, 1.807) is 6.07 Å². The van der Waals surface area contributed by atoms with Crippen molar-refractivity contribution in [3.63, 3.8) is 0 Å². The molecule has 0 unspecified atom stereocenters. The first kappa shape index (κ1) is 12.3. The first-order valence-electron chi connectivity index (χ1n) is 5.55. The summed E-state index contributed by atoms with van der Waals surface area (Å²) in [4.78, 5) is 4.19. The molecule has 0 radical (unpaired) electrons. The molecule has 0 aromatic heterocycles. The lowest BCUT2D eigenvalue weighted by Gasteiger charge is -2.34. The smallest absolute Gasteiger partial charge is 0.129 e. The number of amidine groups is 1. The summed E-state index contributed by atoms with van der Waals surface area (Å²) in [7, 11) is 2.06. The third kappa shape index (κ3) is 2.76. The van der Waals surface area contributed by atoms with E-state index < -0.39 is 0 Å². The molecule has 0 atom stereocenters. The van der Waals surface area contributed by atoms with Crippen LogP contribution in [0.2, 0.25) is 5.02 Å². The monoisotopic (exact) mass is 255 g/mol. The number of nitrogens with one attached hydrogen (secondary N) is 1. The summed E-state index contributed by atoms with van der Waals surface area (Å²) in [5, 5.41) is 8.40. The normalized spacial score (nSPS) is 17.2. The summed E-state index contributed by atoms with van der Waals surface area (Å²) in [5.41, 5.74) is 0.595. The van der Waals surface area contributed by atoms with Crippen molar-refractivity contribution >= 4 is 17.4 Å². The standard InChI is InChI=1S/C12H15ClFN3/c1-16-4-6-17(7-5-16)12(15)10-3-2-9(14)8-11(10)13/h2-3,8,15H,4-7H2,1H3. The summed E-state index contributed by atoms with van der Waals surface area (Å²) in [5.74, 6) is 0.00743. The Balaban J connectivity index is 2.14. The number of halogens is 2. The maximum absolute atomic E-state index is 12.9. The minimum Gasteiger partial charge on any atom is -0.354 e. The Morgan fingerprint density at radius 1 is 1.29 bits per heavy atom. The van der Waals surface area contributed by atoms with Crippen LogP contribution in [0.5, 0.6) is 0 Å². The molecular formula is C12H15ClFN3. The summed E-state index contributed by atoms with van der Waals surface area (Å²) < 4.78 is 12.9. The molecule has 2 rings (SSSR count). The number of hydrogen-bond acceptors (Lipinski definition) is 2. The molecule has 1 N–H and O–H groups in total. The minimum atomic E-state index is -0.370. The van der Waals surface area contributed by atoms with Crippen LogP contribution in [0.1, 0.15) is 5.56 Å². The maximum atomic E-state index is 12.9. The molecule has 17 heavy (non-hydrogen) atoms. The zero-order valence-electron chi connectivity index (χ0n) is 9.71. The van der Waals surface area contributed by atoms with Crippen LogP contribution in [0, 0.1) is 11.2 Å². The second-order valence-electron chi connectivity index (χ2n) is 4.26. The van der Waals surface area contributed by atoms with Crippen molar-refractivity contribution in [2.75, 3.05) is 33.2 Å². The van der Waals surface area contributed by atoms with Crippen LogP contribution in [0.4, 0.5) is 4.39 Å². The van der Waals surface area contributed by atoms with Gasteiger partial charge in [0.15, 0.2) is 0 Å². The van der Waals surface area contributed by atoms with Crippen LogP contribution in [0.3, 0.4) is 0 Å². The lowest BCUT2D eigenvalue weighted by Crippen LogP contribution is -2.47. The molecule has 1 saturated heterocycles. The molecular weight excluding hydrogens is 241 g/mol. The van der Waals surface area contributed by atoms with Crippen molar-refractivity contribution in [1.29, 1.82) is 5.41 Å². The fourth-order valence-corrected chi connectivity index (χ4v) is 2.14. The van der Waals surface area contributed by atoms with Gasteiger partial charge in [0.2, 0.25) is 0 Å². The summed E-state index contributed by atoms with van der Waals surface area (Å²) in [6.07, 6.45) is 0. The van der Waals surface area contributed by atoms with Gasteiger partial charge in [0.25, 0.3) is 0 Å². The van der Waals surface area contributed by atoms with Crippen LogP contribution in [-0.2, 0) is 0 Å². The van der Waals surface area contributed by atoms with Gasteiger partial charge in [0.1, 0.15) is 11.7 Å². The fourth-order valence-electron chi connectivity index (χ4n) is 1.88. The second kappa shape index (κ2) is 5.02. The number of nitrogens with zero attached hydrogens (tertiary/aromatic N) is 2. The van der Waals surface area contributed by atoms with Gasteiger partial charge < -0.3 is 9.80 Å². The van der Waals surface area contributed by atoms with Crippen molar-refractivity contribution in [3.8, 4) is 0 Å². The van der Waals surface area contributed by atoms with Gasteiger partial charge >= 0.3 is 0 Å². The van der Waals surface area contributed by atoms with E-state index in [0.29, 0.717) is 16.4 Å². The maximum Gasteiger partial charge on any atom is 0.129 e. The minimum absolute atomic E-state index is 0.300. The Morgan fingerprint density at radius 3 is 2.53 bits per heavy atom. The molecule has 92 valence electrons. The number of hydrogen-bond donors (Lipinski definition) is 1. The summed E-state index contributed by atoms with van der Waals surface area (Å²) >= 11 is 5.95. The molecule has 3 nitrogen and oxygen atoms in total. The van der Waals surface area contributed by atoms with Gasteiger partial charge in [-0.25, -0.2) is 4.39 Å². The Kier molecular flexibility index (Phi) is 3.64. The van der Waals surface area contributed by atoms with E-state index >= 15 is 0 Å². The van der Waals surface area contributed by atoms with Crippen molar-refractivity contribution in [2.24, 2.45) is 0 Å². The van der Waals surface area contributed by atoms with E-state index in [9.17, 15) is 4.39 Å². The third-order valence-corrected chi connectivity index (χ3v) is 3.32. The quantitative estimate of drug-likeness (QED) is 0.615. The number of benzene rings is 1. The molecule has 0 spiro atoms. The molecule has 5 heteroatoms. The average Bonchev–Trinajstić information content (AvgIpc) is 2.29. The predicted molar refractivity (Wildman–Crippen MR) is 67.3 cm³/mol. The van der Waals surface area contributed by atoms with Crippen molar-refractivity contribution < 1.29 is 4.39 Å². The van der Waals surface area contributed by atoms with Crippen molar-refractivity contribution in [3.05, 3.63) is 34.6 Å². The zero-order chi connectivity index (χ0) is 12.4. The predicted octanol–water partition coefficient (Wildman–Crippen LogP) is 2.05. The van der Waals surface area contributed by atoms with E-state index in [1.807, 2.05) is 4.90 Å². The number of likely N-dealkylation sites (N-methyl/N-ethyl adjacent to an activating group) is 1. The Bertz CT molecular complexity index is 428. The highest BCUT2D eigenvalue weighted by molar-refractivity contribution is 6.34. The lowest BCUT2D eigenvalue weighted by molar-refractivity contribution is 0.215. The average molecular weight is 256 g/mol. The highest BCUT2D eigenvalue weighted by Gasteiger charge is 2.19. The molecule has 0 amide bonds. The molecule has 0 aliphatic carbocycles. The first-order valence-corrected chi connectivity index (χ1v) is 5.93. The van der Waals surface area contributed by atoms with Crippen LogP contribution < -0.4 is 0 Å². The van der Waals surface area contributed by atoms with Gasteiger partial charge in [-0.3, -0.25) is 5.41 Å². The summed E-state index contributed by atoms with van der Waals surface area (Å²) in [6, 6.07) is 4.16. The highest BCUT2D eigenvalue weighted by atomic mass is 35.5. The van der Waals surface area contributed by atoms with Crippen LogP contribution in [0.15, 0.2) is 18.2 Å². The van der Waals surface area contributed by atoms with Crippen LogP contribution in [-0.4, -0.2) is 48.9 Å². The molecule has 1 aromatic carbocycles. The molecule has 1 fully saturated rings. The van der Waals surface area contributed by atoms with Gasteiger partial charge in [-0.2, -0.15) is 0 Å². The molecule has 1 aromatic rings. The van der Waals surface area contributed by atoms with Gasteiger partial charge in [-0.15, -0.1) is 0 Å². The summed E-state index contributed by atoms with van der Waals surface area (Å²) in [6.45, 7) is 3.48. The van der Waals surface area contributed by atoms with E-state index in [4.69, 9.17) is 17.0 Å². The van der Waals surface area contributed by atoms with E-state index in [1.165, 1.54) is 12.1 Å². The molecule has 1 heterocycles. The van der Waals surface area contributed by atoms with Gasteiger partial charge in [-0.05, 0) is 25.2 Å². The van der Waals surface area contributed by atoms with E-state index in [-0.39, 0.29) is 5.82 Å². The number of rotatable bonds is 1. The van der Waals surface area contributed by atoms with E-state index in [2.05, 4.69) is 11.9 Å². The van der Waals surface area contributed by atoms with E-state index in [0.717, 1.165) is 26.2 Å². The third-order valence-electron chi connectivity index (χ3n) is 3.01. The molecule has 0 saturated carbocycles. The van der Waals surface area contributed by atoms with Gasteiger partial charge in [-0.1, -0.05) is 11.6 Å². The Labute approximate surface area is 105 Å². The van der Waals surface area contributed by atoms with Crippen LogP contribution >= 0.6 is 11.6 Å². The molecule has 1 aliphatic rings. The zero-order valence-corrected chi connectivity index (χ0v) is 10.5. The van der Waals surface area contributed by atoms with Gasteiger partial charge in [0, 0.05) is 31.7 Å². The first-order chi connectivity index (χ1) is 8.08. The molecule has 0 bridgehead atoms. The SMILES string of the molecule is CN1CCN(C(=N)c2ccc(F)cc2Cl)CC1. The second-order valence-corrected chi connectivity index (χ2v) is 4.67. The number of piperazine rings is 1. The fraction of sp³-hybridized carbons (Fsp3) is 0.417. The van der Waals surface area contributed by atoms with Crippen molar-refractivity contribution in [1.82, 2.24) is 9.80 Å². The van der Waals surface area contributed by atoms with Crippen molar-refractivity contribution in [2.45, 2.75) is 0 Å². The lowest BCUT2D eigenvalue weighted by atomic mass is 10.1. The van der Waals surface area contributed by atoms with Crippen LogP contribution in [0.25, 0.3) is 0 Å². The molecule has 1 aliphatic heterocycles. The largest absolute Gasteiger partial charge is 0.354 e. The highest BCUT2D eigenvalue weighted by Crippen LogP contribution is 2.19. The Hall–Kier alpha value is -1.13.